The first-order valence-electron chi connectivity index (χ1n) is 9.24. The minimum absolute atomic E-state index is 0.00138. The monoisotopic (exact) mass is 433 g/mol. The van der Waals surface area contributed by atoms with Crippen molar-refractivity contribution in [3.63, 3.8) is 0 Å². The number of fused-ring (bicyclic) bond motifs is 1. The van der Waals surface area contributed by atoms with Crippen molar-refractivity contribution >= 4 is 17.5 Å². The molecule has 156 valence electrons. The zero-order chi connectivity index (χ0) is 20.9. The van der Waals surface area contributed by atoms with Crippen LogP contribution < -0.4 is 0 Å². The van der Waals surface area contributed by atoms with Gasteiger partial charge < -0.3 is 4.90 Å². The zero-order valence-corrected chi connectivity index (χ0v) is 15.9. The molecule has 4 nitrogen and oxygen atoms in total. The molecular weight excluding hydrogens is 417 g/mol. The Hall–Kier alpha value is -2.16. The van der Waals surface area contributed by atoms with E-state index in [2.05, 4.69) is 10.2 Å². The SMILES string of the molecule is O=C1CCCN1[C@@H]1CCc2n[nH]c(Cc3c(Cl)cc(C(F)(F)F)c(F)c3F)c2C1. The van der Waals surface area contributed by atoms with Gasteiger partial charge in [0.1, 0.15) is 0 Å². The number of amides is 1. The summed E-state index contributed by atoms with van der Waals surface area (Å²) in [6.07, 6.45) is -2.04. The average Bonchev–Trinajstić information content (AvgIpc) is 3.26. The maximum Gasteiger partial charge on any atom is 0.419 e. The number of aromatic nitrogens is 2. The van der Waals surface area contributed by atoms with E-state index in [4.69, 9.17) is 11.6 Å². The van der Waals surface area contributed by atoms with Gasteiger partial charge in [-0.05, 0) is 37.3 Å². The van der Waals surface area contributed by atoms with Gasteiger partial charge in [0.25, 0.3) is 0 Å². The molecule has 4 rings (SSSR count). The molecule has 0 unspecified atom stereocenters. The summed E-state index contributed by atoms with van der Waals surface area (Å²) in [5.74, 6) is -3.48. The lowest BCUT2D eigenvalue weighted by molar-refractivity contribution is -0.140. The fraction of sp³-hybridized carbons (Fsp3) is 0.474. The van der Waals surface area contributed by atoms with E-state index < -0.39 is 28.4 Å². The molecule has 0 bridgehead atoms. The van der Waals surface area contributed by atoms with Crippen molar-refractivity contribution in [1.82, 2.24) is 15.1 Å². The van der Waals surface area contributed by atoms with Gasteiger partial charge in [-0.3, -0.25) is 9.89 Å². The number of alkyl halides is 3. The van der Waals surface area contributed by atoms with Gasteiger partial charge in [0.15, 0.2) is 11.6 Å². The third-order valence-electron chi connectivity index (χ3n) is 5.66. The molecule has 2 aliphatic rings. The molecule has 2 aromatic rings. The third kappa shape index (κ3) is 3.60. The Bertz CT molecular complexity index is 972. The van der Waals surface area contributed by atoms with Crippen LogP contribution in [-0.2, 0) is 30.2 Å². The number of carbonyl (C=O) groups is 1. The Morgan fingerprint density at radius 3 is 2.66 bits per heavy atom. The molecule has 10 heteroatoms. The summed E-state index contributed by atoms with van der Waals surface area (Å²) in [7, 11) is 0. The van der Waals surface area contributed by atoms with Crippen LogP contribution in [0.1, 0.15) is 47.3 Å². The van der Waals surface area contributed by atoms with Gasteiger partial charge in [-0.2, -0.15) is 18.3 Å². The Morgan fingerprint density at radius 1 is 1.24 bits per heavy atom. The summed E-state index contributed by atoms with van der Waals surface area (Å²) in [6, 6.07) is 0.405. The maximum absolute atomic E-state index is 14.4. The van der Waals surface area contributed by atoms with Crippen LogP contribution in [0, 0.1) is 11.6 Å². The number of aromatic amines is 1. The van der Waals surface area contributed by atoms with Gasteiger partial charge in [-0.25, -0.2) is 8.78 Å². The molecular formula is C19H17ClF5N3O. The van der Waals surface area contributed by atoms with Crippen LogP contribution in [0.4, 0.5) is 22.0 Å². The summed E-state index contributed by atoms with van der Waals surface area (Å²) < 4.78 is 67.0. The van der Waals surface area contributed by atoms with E-state index in [1.54, 1.807) is 0 Å². The second kappa shape index (κ2) is 7.27. The fourth-order valence-corrected chi connectivity index (χ4v) is 4.44. The van der Waals surface area contributed by atoms with Crippen LogP contribution in [0.25, 0.3) is 0 Å². The minimum atomic E-state index is -5.05. The third-order valence-corrected chi connectivity index (χ3v) is 5.99. The summed E-state index contributed by atoms with van der Waals surface area (Å²) in [6.45, 7) is 0.691. The van der Waals surface area contributed by atoms with Gasteiger partial charge in [0.05, 0.1) is 11.3 Å². The van der Waals surface area contributed by atoms with E-state index >= 15 is 0 Å². The predicted molar refractivity (Wildman–Crippen MR) is 94.5 cm³/mol. The molecule has 0 saturated carbocycles. The topological polar surface area (TPSA) is 49.0 Å². The van der Waals surface area contributed by atoms with Crippen LogP contribution in [0.15, 0.2) is 6.07 Å². The standard InChI is InChI=1S/C19H17ClF5N3O/c20-13-8-12(19(23,24)25)18(22)17(21)10(13)7-15-11-6-9(3-4-14(11)26-27-15)28-5-1-2-16(28)29/h8-9H,1-7H2,(H,26,27)/t9-/m1/s1. The summed E-state index contributed by atoms with van der Waals surface area (Å²) in [4.78, 5) is 13.9. The first-order valence-corrected chi connectivity index (χ1v) is 9.62. The summed E-state index contributed by atoms with van der Waals surface area (Å²) in [5, 5.41) is 6.49. The van der Waals surface area contributed by atoms with E-state index in [0.29, 0.717) is 37.6 Å². The molecule has 1 amide bonds. The van der Waals surface area contributed by atoms with E-state index in [1.807, 2.05) is 4.90 Å². The quantitative estimate of drug-likeness (QED) is 0.575. The number of rotatable bonds is 3. The number of nitrogens with one attached hydrogen (secondary N) is 1. The molecule has 2 heterocycles. The molecule has 1 aromatic heterocycles. The lowest BCUT2D eigenvalue weighted by Gasteiger charge is -2.31. The number of aryl methyl sites for hydroxylation is 1. The summed E-state index contributed by atoms with van der Waals surface area (Å²) >= 11 is 5.87. The van der Waals surface area contributed by atoms with Crippen molar-refractivity contribution < 1.29 is 26.7 Å². The number of nitrogens with zero attached hydrogens (tertiary/aromatic N) is 2. The van der Waals surface area contributed by atoms with Gasteiger partial charge in [-0.15, -0.1) is 0 Å². The van der Waals surface area contributed by atoms with Crippen molar-refractivity contribution in [2.45, 2.75) is 50.7 Å². The first kappa shape index (κ1) is 20.1. The van der Waals surface area contributed by atoms with Gasteiger partial charge in [0, 0.05) is 41.7 Å². The first-order chi connectivity index (χ1) is 13.7. The van der Waals surface area contributed by atoms with E-state index in [0.717, 1.165) is 24.1 Å². The Labute approximate surface area is 168 Å². The molecule has 1 N–H and O–H groups in total. The number of hydrogen-bond acceptors (Lipinski definition) is 2. The second-order valence-corrected chi connectivity index (χ2v) is 7.81. The highest BCUT2D eigenvalue weighted by atomic mass is 35.5. The van der Waals surface area contributed by atoms with Gasteiger partial charge in [0.2, 0.25) is 5.91 Å². The smallest absolute Gasteiger partial charge is 0.339 e. The number of H-pyrrole nitrogens is 1. The van der Waals surface area contributed by atoms with Crippen LogP contribution in [0.3, 0.4) is 0 Å². The normalized spacial score (nSPS) is 19.7. The molecule has 0 spiro atoms. The number of likely N-dealkylation sites (tertiary alicyclic amines) is 1. The molecule has 1 aliphatic carbocycles. The number of carbonyl (C=O) groups excluding carboxylic acids is 1. The average molecular weight is 434 g/mol. The number of hydrogen-bond donors (Lipinski definition) is 1. The van der Waals surface area contributed by atoms with Crippen molar-refractivity contribution in [3.8, 4) is 0 Å². The molecule has 1 saturated heterocycles. The van der Waals surface area contributed by atoms with Crippen molar-refractivity contribution in [1.29, 1.82) is 0 Å². The van der Waals surface area contributed by atoms with Gasteiger partial charge in [-0.1, -0.05) is 11.6 Å². The van der Waals surface area contributed by atoms with E-state index in [9.17, 15) is 26.7 Å². The van der Waals surface area contributed by atoms with Crippen LogP contribution >= 0.6 is 11.6 Å². The molecule has 1 aromatic carbocycles. The van der Waals surface area contributed by atoms with Crippen molar-refractivity contribution in [3.05, 3.63) is 50.8 Å². The van der Waals surface area contributed by atoms with Crippen molar-refractivity contribution in [2.24, 2.45) is 0 Å². The Kier molecular flexibility index (Phi) is 5.04. The Balaban J connectivity index is 1.63. The fourth-order valence-electron chi connectivity index (χ4n) is 4.18. The number of benzene rings is 1. The largest absolute Gasteiger partial charge is 0.419 e. The molecule has 0 radical (unpaired) electrons. The molecule has 1 aliphatic heterocycles. The molecule has 1 atom stereocenters. The zero-order valence-electron chi connectivity index (χ0n) is 15.2. The van der Waals surface area contributed by atoms with Crippen molar-refractivity contribution in [2.75, 3.05) is 6.54 Å². The molecule has 29 heavy (non-hydrogen) atoms. The highest BCUT2D eigenvalue weighted by molar-refractivity contribution is 6.31. The minimum Gasteiger partial charge on any atom is -0.339 e. The van der Waals surface area contributed by atoms with Gasteiger partial charge >= 0.3 is 6.18 Å². The summed E-state index contributed by atoms with van der Waals surface area (Å²) in [5.41, 5.74) is -0.0641. The lowest BCUT2D eigenvalue weighted by atomic mass is 9.89. The van der Waals surface area contributed by atoms with E-state index in [-0.39, 0.29) is 23.9 Å². The van der Waals surface area contributed by atoms with Crippen LogP contribution in [-0.4, -0.2) is 33.6 Å². The Morgan fingerprint density at radius 2 is 2.00 bits per heavy atom. The van der Waals surface area contributed by atoms with Crippen LogP contribution in [0.2, 0.25) is 5.02 Å². The lowest BCUT2D eigenvalue weighted by Crippen LogP contribution is -2.40. The van der Waals surface area contributed by atoms with Crippen LogP contribution in [0.5, 0.6) is 0 Å². The molecule has 1 fully saturated rings. The van der Waals surface area contributed by atoms with E-state index in [1.165, 1.54) is 0 Å². The highest BCUT2D eigenvalue weighted by Gasteiger charge is 2.38. The number of halogens is 6. The predicted octanol–water partition coefficient (Wildman–Crippen LogP) is 4.43. The maximum atomic E-state index is 14.4. The highest BCUT2D eigenvalue weighted by Crippen LogP contribution is 2.37. The second-order valence-electron chi connectivity index (χ2n) is 7.40.